The second kappa shape index (κ2) is 11.1. The van der Waals surface area contributed by atoms with Crippen LogP contribution in [0.2, 0.25) is 5.02 Å². The number of carbonyl (C=O) groups is 2. The molecule has 2 aromatic carbocycles. The van der Waals surface area contributed by atoms with E-state index < -0.39 is 5.97 Å². The Balaban J connectivity index is 1.35. The van der Waals surface area contributed by atoms with Crippen molar-refractivity contribution in [2.24, 2.45) is 5.92 Å². The molecule has 2 heterocycles. The molecule has 1 N–H and O–H groups in total. The molecule has 1 fully saturated rings. The highest BCUT2D eigenvalue weighted by atomic mass is 79.9. The summed E-state index contributed by atoms with van der Waals surface area (Å²) >= 11 is 9.63. The Morgan fingerprint density at radius 2 is 2.06 bits per heavy atom. The molecule has 1 saturated heterocycles. The number of piperidine rings is 1. The molecule has 1 aromatic heterocycles. The summed E-state index contributed by atoms with van der Waals surface area (Å²) < 4.78 is 11.4. The van der Waals surface area contributed by atoms with E-state index in [4.69, 9.17) is 20.9 Å². The second-order valence-electron chi connectivity index (χ2n) is 8.00. The smallest absolute Gasteiger partial charge is 0.339 e. The summed E-state index contributed by atoms with van der Waals surface area (Å²) in [6, 6.07) is 12.5. The number of nitrogens with zero attached hydrogens (tertiary/aromatic N) is 3. The van der Waals surface area contributed by atoms with Gasteiger partial charge in [-0.25, -0.2) is 4.79 Å². The fraction of sp³-hybridized carbons (Fsp3) is 0.333. The van der Waals surface area contributed by atoms with E-state index in [9.17, 15) is 9.59 Å². The zero-order chi connectivity index (χ0) is 24.1. The monoisotopic (exact) mass is 546 g/mol. The van der Waals surface area contributed by atoms with Crippen molar-refractivity contribution in [2.45, 2.75) is 26.3 Å². The summed E-state index contributed by atoms with van der Waals surface area (Å²) in [4.78, 5) is 31.4. The lowest BCUT2D eigenvalue weighted by Gasteiger charge is -2.30. The van der Waals surface area contributed by atoms with Crippen LogP contribution in [0.1, 0.15) is 36.0 Å². The Kier molecular flexibility index (Phi) is 7.97. The number of nitrogens with one attached hydrogen (secondary N) is 1. The molecule has 1 aliphatic heterocycles. The maximum absolute atomic E-state index is 12.9. The van der Waals surface area contributed by atoms with Gasteiger partial charge in [0, 0.05) is 22.3 Å². The lowest BCUT2D eigenvalue weighted by Crippen LogP contribution is -2.40. The van der Waals surface area contributed by atoms with Gasteiger partial charge in [-0.05, 0) is 68.8 Å². The van der Waals surface area contributed by atoms with E-state index in [0.717, 1.165) is 29.4 Å². The normalized spacial score (nSPS) is 16.3. The van der Waals surface area contributed by atoms with Gasteiger partial charge in [-0.15, -0.1) is 0 Å². The van der Waals surface area contributed by atoms with Crippen molar-refractivity contribution < 1.29 is 18.8 Å². The minimum absolute atomic E-state index is 0.0919. The highest BCUT2D eigenvalue weighted by molar-refractivity contribution is 9.10. The van der Waals surface area contributed by atoms with Gasteiger partial charge in [-0.1, -0.05) is 32.7 Å². The van der Waals surface area contributed by atoms with Gasteiger partial charge in [0.25, 0.3) is 0 Å². The van der Waals surface area contributed by atoms with E-state index in [1.807, 2.05) is 24.3 Å². The van der Waals surface area contributed by atoms with Crippen LogP contribution in [0.5, 0.6) is 0 Å². The van der Waals surface area contributed by atoms with E-state index >= 15 is 0 Å². The minimum atomic E-state index is -0.488. The van der Waals surface area contributed by atoms with E-state index in [2.05, 4.69) is 36.3 Å². The summed E-state index contributed by atoms with van der Waals surface area (Å²) in [5.41, 5.74) is 1.69. The standard InChI is InChI=1S/C24H24BrClN4O4/c1-2-33-24(32)19-10-9-18(12-20(19)26)27-23(31)16-4-3-11-30(13-16)14-21-28-22(29-34-21)15-5-7-17(25)8-6-15/h5-10,12,16H,2-4,11,13-14H2,1H3,(H,27,31). The molecular formula is C24H24BrClN4O4. The zero-order valence-corrected chi connectivity index (χ0v) is 20.9. The molecule has 1 atom stereocenters. The third-order valence-corrected chi connectivity index (χ3v) is 6.38. The number of hydrogen-bond acceptors (Lipinski definition) is 7. The number of benzene rings is 2. The van der Waals surface area contributed by atoms with Gasteiger partial charge in [0.05, 0.1) is 29.7 Å². The van der Waals surface area contributed by atoms with Crippen molar-refractivity contribution in [1.82, 2.24) is 15.0 Å². The van der Waals surface area contributed by atoms with Gasteiger partial charge in [0.2, 0.25) is 17.6 Å². The van der Waals surface area contributed by atoms with Crippen molar-refractivity contribution in [2.75, 3.05) is 25.0 Å². The molecule has 1 amide bonds. The van der Waals surface area contributed by atoms with Gasteiger partial charge in [0.1, 0.15) is 0 Å². The fourth-order valence-electron chi connectivity index (χ4n) is 3.85. The molecule has 178 valence electrons. The Hall–Kier alpha value is -2.75. The fourth-order valence-corrected chi connectivity index (χ4v) is 4.37. The number of amides is 1. The van der Waals surface area contributed by atoms with Gasteiger partial charge >= 0.3 is 5.97 Å². The first-order chi connectivity index (χ1) is 16.4. The third kappa shape index (κ3) is 6.02. The molecule has 0 bridgehead atoms. The van der Waals surface area contributed by atoms with Crippen LogP contribution in [0.15, 0.2) is 51.5 Å². The zero-order valence-electron chi connectivity index (χ0n) is 18.6. The molecular weight excluding hydrogens is 524 g/mol. The summed E-state index contributed by atoms with van der Waals surface area (Å²) in [5, 5.41) is 7.22. The number of hydrogen-bond donors (Lipinski definition) is 1. The number of carbonyl (C=O) groups excluding carboxylic acids is 2. The first-order valence-electron chi connectivity index (χ1n) is 11.0. The van der Waals surface area contributed by atoms with Crippen LogP contribution in [0.25, 0.3) is 11.4 Å². The number of esters is 1. The molecule has 3 aromatic rings. The van der Waals surface area contributed by atoms with Crippen molar-refractivity contribution in [1.29, 1.82) is 0 Å². The highest BCUT2D eigenvalue weighted by Crippen LogP contribution is 2.25. The van der Waals surface area contributed by atoms with Crippen molar-refractivity contribution in [3.05, 3.63) is 63.4 Å². The average molecular weight is 548 g/mol. The van der Waals surface area contributed by atoms with Crippen LogP contribution >= 0.6 is 27.5 Å². The molecule has 10 heteroatoms. The van der Waals surface area contributed by atoms with Crippen LogP contribution in [0, 0.1) is 5.92 Å². The van der Waals surface area contributed by atoms with E-state index in [-0.39, 0.29) is 29.0 Å². The Morgan fingerprint density at radius 3 is 2.79 bits per heavy atom. The molecule has 0 aliphatic carbocycles. The average Bonchev–Trinajstić information content (AvgIpc) is 3.28. The third-order valence-electron chi connectivity index (χ3n) is 5.54. The Labute approximate surface area is 210 Å². The second-order valence-corrected chi connectivity index (χ2v) is 9.32. The summed E-state index contributed by atoms with van der Waals surface area (Å²) in [7, 11) is 0. The molecule has 1 unspecified atom stereocenters. The molecule has 0 radical (unpaired) electrons. The number of aromatic nitrogens is 2. The molecule has 0 spiro atoms. The Morgan fingerprint density at radius 1 is 1.26 bits per heavy atom. The molecule has 34 heavy (non-hydrogen) atoms. The number of likely N-dealkylation sites (tertiary alicyclic amines) is 1. The summed E-state index contributed by atoms with van der Waals surface area (Å²) in [5.74, 6) is 0.284. The van der Waals surface area contributed by atoms with E-state index in [0.29, 0.717) is 30.5 Å². The van der Waals surface area contributed by atoms with Crippen molar-refractivity contribution in [3.8, 4) is 11.4 Å². The lowest BCUT2D eigenvalue weighted by atomic mass is 9.97. The predicted molar refractivity (Wildman–Crippen MR) is 131 cm³/mol. The number of anilines is 1. The Bertz CT molecular complexity index is 1170. The van der Waals surface area contributed by atoms with Crippen molar-refractivity contribution >= 4 is 45.1 Å². The van der Waals surface area contributed by atoms with Crippen LogP contribution in [0.3, 0.4) is 0 Å². The summed E-state index contributed by atoms with van der Waals surface area (Å²) in [6.45, 7) is 3.90. The maximum atomic E-state index is 12.9. The SMILES string of the molecule is CCOC(=O)c1ccc(NC(=O)C2CCCN(Cc3nc(-c4ccc(Br)cc4)no3)C2)cc1Cl. The minimum Gasteiger partial charge on any atom is -0.462 e. The van der Waals surface area contributed by atoms with Crippen LogP contribution in [-0.4, -0.2) is 46.6 Å². The molecule has 8 nitrogen and oxygen atoms in total. The topological polar surface area (TPSA) is 97.6 Å². The maximum Gasteiger partial charge on any atom is 0.339 e. The van der Waals surface area contributed by atoms with Crippen LogP contribution in [-0.2, 0) is 16.1 Å². The molecule has 0 saturated carbocycles. The number of ether oxygens (including phenoxy) is 1. The van der Waals surface area contributed by atoms with Gasteiger partial charge in [-0.2, -0.15) is 4.98 Å². The quantitative estimate of drug-likeness (QED) is 0.407. The number of halogens is 2. The highest BCUT2D eigenvalue weighted by Gasteiger charge is 2.27. The van der Waals surface area contributed by atoms with Gasteiger partial charge in [0.15, 0.2) is 0 Å². The first kappa shape index (κ1) is 24.4. The predicted octanol–water partition coefficient (Wildman–Crippen LogP) is 5.18. The largest absolute Gasteiger partial charge is 0.462 e. The van der Waals surface area contributed by atoms with Crippen LogP contribution < -0.4 is 5.32 Å². The molecule has 1 aliphatic rings. The lowest BCUT2D eigenvalue weighted by molar-refractivity contribution is -0.121. The van der Waals surface area contributed by atoms with Crippen LogP contribution in [0.4, 0.5) is 5.69 Å². The van der Waals surface area contributed by atoms with E-state index in [1.165, 1.54) is 0 Å². The number of rotatable bonds is 7. The van der Waals surface area contributed by atoms with Crippen molar-refractivity contribution in [3.63, 3.8) is 0 Å². The molecule has 4 rings (SSSR count). The summed E-state index contributed by atoms with van der Waals surface area (Å²) in [6.07, 6.45) is 1.67. The van der Waals surface area contributed by atoms with E-state index in [1.54, 1.807) is 25.1 Å². The first-order valence-corrected chi connectivity index (χ1v) is 12.2. The van der Waals surface area contributed by atoms with Gasteiger partial charge in [-0.3, -0.25) is 9.69 Å². The van der Waals surface area contributed by atoms with Gasteiger partial charge < -0.3 is 14.6 Å².